The summed E-state index contributed by atoms with van der Waals surface area (Å²) < 4.78 is 10.7. The average molecular weight is 1570 g/mol. The number of allylic oxidation sites excluding steroid dienone is 1. The standard InChI is InChI=1S/C29H48O2.C14H14O.C13H12N2.C13H12.C12H20.2C8H16.C7H14.C7H8/c1-19(2)8-7-9-20(3)25-12-13-26-24-11-10-22-18-23(31-21(4)30)14-16-28(22,5)27(24)15-17-29(25,26)6;1-11-3-5-12(6-4-11)13-7-9-14(15-2)10-8-13;1-11-7-9-13(10-8-11)15-14-12-5-3-2-4-6-12;1-11-7-9-13(10-8-11)12-5-3-2-4-6-12;1-2-8-6-9-7-12(8)11-5-3-4-10(9)11;2*1-2-8-6-4-3-5-7-8;2*1-7-5-3-2-4-6-7/h10,19-20,23-27H,7-9,11-18H2,1-6H3;3-10H,1-2H3;2-10H,1H3;2-10H,1H3;8-12H,2-7H2,1H3;2*8H,2-7H2,1H3;7H,2-6H2,1H3;2-6H,1H3/t20-,23+,24?,25-,26?,27?,28+,29-;;;;;;;;/m1......../s1. The van der Waals surface area contributed by atoms with Gasteiger partial charge in [-0.3, -0.25) is 4.79 Å². The zero-order valence-electron chi connectivity index (χ0n) is 75.8. The van der Waals surface area contributed by atoms with Crippen molar-refractivity contribution in [1.82, 2.24) is 0 Å². The number of rotatable bonds is 14. The van der Waals surface area contributed by atoms with Gasteiger partial charge in [0.25, 0.3) is 0 Å². The van der Waals surface area contributed by atoms with Gasteiger partial charge in [0.2, 0.25) is 0 Å². The third-order valence-corrected chi connectivity index (χ3v) is 29.8. The van der Waals surface area contributed by atoms with Crippen molar-refractivity contribution < 1.29 is 14.3 Å². The highest BCUT2D eigenvalue weighted by Gasteiger charge is 2.59. The van der Waals surface area contributed by atoms with E-state index in [1.54, 1.807) is 51.7 Å². The van der Waals surface area contributed by atoms with Crippen LogP contribution in [-0.2, 0) is 9.53 Å². The van der Waals surface area contributed by atoms with Crippen LogP contribution in [0.3, 0.4) is 0 Å². The molecule has 9 fully saturated rings. The summed E-state index contributed by atoms with van der Waals surface area (Å²) in [6.45, 7) is 31.8. The molecule has 5 nitrogen and oxygen atoms in total. The first kappa shape index (κ1) is 93.0. The fraction of sp³-hybridized carbons (Fsp3) is 0.595. The highest BCUT2D eigenvalue weighted by atomic mass is 16.5. The number of esters is 1. The molecule has 8 unspecified atom stereocenters. The molecule has 632 valence electrons. The van der Waals surface area contributed by atoms with E-state index >= 15 is 0 Å². The molecule has 17 rings (SSSR count). The van der Waals surface area contributed by atoms with Crippen LogP contribution in [-0.4, -0.2) is 19.2 Å². The Morgan fingerprint density at radius 1 is 0.457 bits per heavy atom. The molecule has 0 aliphatic heterocycles. The summed E-state index contributed by atoms with van der Waals surface area (Å²) in [6, 6.07) is 63.6. The normalized spacial score (nSPS) is 26.4. The van der Waals surface area contributed by atoms with E-state index in [0.29, 0.717) is 10.8 Å². The van der Waals surface area contributed by atoms with Crippen LogP contribution in [0.4, 0.5) is 11.4 Å². The van der Waals surface area contributed by atoms with Crippen molar-refractivity contribution in [2.75, 3.05) is 7.11 Å². The molecule has 0 saturated heterocycles. The lowest BCUT2D eigenvalue weighted by Crippen LogP contribution is -2.51. The van der Waals surface area contributed by atoms with Crippen LogP contribution in [0.15, 0.2) is 210 Å². The molecule has 116 heavy (non-hydrogen) atoms. The molecular weight excluding hydrogens is 1410 g/mol. The highest BCUT2D eigenvalue weighted by Crippen LogP contribution is 2.68. The third-order valence-electron chi connectivity index (χ3n) is 29.8. The number of methoxy groups -OCH3 is 1. The summed E-state index contributed by atoms with van der Waals surface area (Å²) in [5.74, 6) is 15.2. The van der Waals surface area contributed by atoms with E-state index in [1.807, 2.05) is 91.0 Å². The monoisotopic (exact) mass is 1570 g/mol. The SMILES string of the molecule is CC(=O)O[C@H]1CC[C@@]2(C)C(=CCC3C2CC[C@@]2(C)C3CC[C@@H]2[C@H](C)CCCC(C)C)C1.CC1CCCCC1.CCC1CC2CC1C1CCCC21.CCC1CCCCC1.CCC1CCCCC1.COc1ccc(-c2ccc(C)cc2)cc1.Cc1ccc(-c2ccccc2)cc1.Cc1ccc(N=Nc2ccccc2)cc1.Cc1ccccc1. The number of hydrogen-bond acceptors (Lipinski definition) is 5. The van der Waals surface area contributed by atoms with Crippen molar-refractivity contribution in [3.63, 3.8) is 0 Å². The number of aryl methyl sites for hydroxylation is 4. The van der Waals surface area contributed by atoms with Gasteiger partial charge in [-0.1, -0.05) is 389 Å². The van der Waals surface area contributed by atoms with Crippen LogP contribution in [0.5, 0.6) is 5.75 Å². The van der Waals surface area contributed by atoms with Crippen molar-refractivity contribution >= 4 is 17.3 Å². The Morgan fingerprint density at radius 3 is 1.41 bits per heavy atom. The van der Waals surface area contributed by atoms with Crippen molar-refractivity contribution in [1.29, 1.82) is 0 Å². The molecule has 9 saturated carbocycles. The van der Waals surface area contributed by atoms with Gasteiger partial charge in [0, 0.05) is 13.3 Å². The second kappa shape index (κ2) is 49.0. The molecule has 0 spiro atoms. The minimum atomic E-state index is -0.115. The van der Waals surface area contributed by atoms with Gasteiger partial charge in [0.05, 0.1) is 18.5 Å². The largest absolute Gasteiger partial charge is 0.497 e. The van der Waals surface area contributed by atoms with E-state index in [2.05, 4.69) is 203 Å². The molecule has 10 aliphatic rings. The lowest BCUT2D eigenvalue weighted by atomic mass is 9.47. The van der Waals surface area contributed by atoms with E-state index < -0.39 is 0 Å². The predicted octanol–water partition coefficient (Wildman–Crippen LogP) is 33.7. The van der Waals surface area contributed by atoms with Gasteiger partial charge < -0.3 is 9.47 Å². The van der Waals surface area contributed by atoms with Crippen LogP contribution in [0.2, 0.25) is 0 Å². The number of carbonyl (C=O) groups is 1. The number of fused-ring (bicyclic) bond motifs is 10. The molecule has 2 bridgehead atoms. The highest BCUT2D eigenvalue weighted by molar-refractivity contribution is 5.66. The maximum atomic E-state index is 11.5. The van der Waals surface area contributed by atoms with Crippen molar-refractivity contribution in [3.8, 4) is 28.0 Å². The lowest BCUT2D eigenvalue weighted by Gasteiger charge is -2.58. The van der Waals surface area contributed by atoms with Gasteiger partial charge in [0.15, 0.2) is 0 Å². The predicted molar refractivity (Wildman–Crippen MR) is 498 cm³/mol. The Balaban J connectivity index is 0.000000157. The Kier molecular flexibility index (Phi) is 39.3. The molecule has 0 radical (unpaired) electrons. The quantitative estimate of drug-likeness (QED) is 0.0619. The van der Waals surface area contributed by atoms with Gasteiger partial charge in [-0.05, 0) is 251 Å². The number of benzene rings is 7. The zero-order valence-corrected chi connectivity index (χ0v) is 75.8. The number of ether oxygens (including phenoxy) is 2. The summed E-state index contributed by atoms with van der Waals surface area (Å²) in [5.41, 5.74) is 14.4. The van der Waals surface area contributed by atoms with Crippen molar-refractivity contribution in [3.05, 3.63) is 222 Å². The van der Waals surface area contributed by atoms with Gasteiger partial charge in [-0.25, -0.2) is 0 Å². The molecule has 10 aliphatic carbocycles. The van der Waals surface area contributed by atoms with Crippen LogP contribution in [0.25, 0.3) is 22.3 Å². The first-order chi connectivity index (χ1) is 56.2. The molecule has 0 heterocycles. The van der Waals surface area contributed by atoms with E-state index in [4.69, 9.17) is 9.47 Å². The van der Waals surface area contributed by atoms with E-state index in [0.717, 1.165) is 89.1 Å². The summed E-state index contributed by atoms with van der Waals surface area (Å²) in [5, 5.41) is 8.27. The molecule has 5 heteroatoms. The smallest absolute Gasteiger partial charge is 0.302 e. The fourth-order valence-electron chi connectivity index (χ4n) is 22.8. The Bertz CT molecular complexity index is 3840. The second-order valence-electron chi connectivity index (χ2n) is 38.5. The average Bonchev–Trinajstić information content (AvgIpc) is 1.42. The van der Waals surface area contributed by atoms with Crippen LogP contribution in [0.1, 0.15) is 310 Å². The summed E-state index contributed by atoms with van der Waals surface area (Å²) in [7, 11) is 1.68. The summed E-state index contributed by atoms with van der Waals surface area (Å²) in [6.07, 6.45) is 52.0. The minimum absolute atomic E-state index is 0.115. The molecular formula is C111H160N2O3. The summed E-state index contributed by atoms with van der Waals surface area (Å²) in [4.78, 5) is 11.5. The number of nitrogens with zero attached hydrogens (tertiary/aromatic N) is 2. The summed E-state index contributed by atoms with van der Waals surface area (Å²) >= 11 is 0. The van der Waals surface area contributed by atoms with Crippen molar-refractivity contribution in [2.45, 2.75) is 321 Å². The fourth-order valence-corrected chi connectivity index (χ4v) is 22.8. The van der Waals surface area contributed by atoms with E-state index in [1.165, 1.54) is 242 Å². The first-order valence-corrected chi connectivity index (χ1v) is 47.4. The van der Waals surface area contributed by atoms with Gasteiger partial charge >= 0.3 is 5.97 Å². The van der Waals surface area contributed by atoms with Gasteiger partial charge in [-0.2, -0.15) is 10.2 Å². The third kappa shape index (κ3) is 29.0. The Labute approximate surface area is 709 Å². The molecule has 7 aromatic rings. The molecule has 0 N–H and O–H groups in total. The topological polar surface area (TPSA) is 60.2 Å². The van der Waals surface area contributed by atoms with Crippen LogP contribution in [0, 0.1) is 121 Å². The van der Waals surface area contributed by atoms with E-state index in [-0.39, 0.29) is 12.1 Å². The Hall–Kier alpha value is -6.85. The maximum absolute atomic E-state index is 11.5. The minimum Gasteiger partial charge on any atom is -0.497 e. The van der Waals surface area contributed by atoms with Gasteiger partial charge in [0.1, 0.15) is 11.9 Å². The second-order valence-corrected chi connectivity index (χ2v) is 38.5. The number of hydrogen-bond donors (Lipinski definition) is 0. The van der Waals surface area contributed by atoms with Gasteiger partial charge in [-0.15, -0.1) is 0 Å². The van der Waals surface area contributed by atoms with E-state index in [9.17, 15) is 4.79 Å². The molecule has 0 amide bonds. The number of carbonyl (C=O) groups excluding carboxylic acids is 1. The van der Waals surface area contributed by atoms with Crippen molar-refractivity contribution in [2.24, 2.45) is 104 Å². The number of azo groups is 1. The molecule has 0 aromatic heterocycles. The molecule has 13 atom stereocenters. The molecule has 7 aromatic carbocycles. The zero-order chi connectivity index (χ0) is 82.7. The Morgan fingerprint density at radius 2 is 0.940 bits per heavy atom. The van der Waals surface area contributed by atoms with Crippen LogP contribution >= 0.6 is 0 Å². The van der Waals surface area contributed by atoms with Crippen LogP contribution < -0.4 is 4.74 Å². The first-order valence-electron chi connectivity index (χ1n) is 47.4. The maximum Gasteiger partial charge on any atom is 0.302 e. The lowest BCUT2D eigenvalue weighted by molar-refractivity contribution is -0.148.